The van der Waals surface area contributed by atoms with E-state index in [1.165, 1.54) is 0 Å². The minimum atomic E-state index is 0.281. The van der Waals surface area contributed by atoms with Crippen molar-refractivity contribution in [1.82, 2.24) is 0 Å². The first-order valence-corrected chi connectivity index (χ1v) is 4.56. The number of phenolic OH excluding ortho intramolecular Hbond substituents is 1. The van der Waals surface area contributed by atoms with Crippen LogP contribution in [0, 0.1) is 0 Å². The maximum Gasteiger partial charge on any atom is 0.115 e. The van der Waals surface area contributed by atoms with Crippen LogP contribution < -0.4 is 5.73 Å². The van der Waals surface area contributed by atoms with E-state index >= 15 is 0 Å². The molecule has 11 heavy (non-hydrogen) atoms. The lowest BCUT2D eigenvalue weighted by molar-refractivity contribution is 0.474. The SMILES string of the molecule is CSc1ccc(O)cc1CN. The van der Waals surface area contributed by atoms with Gasteiger partial charge in [-0.2, -0.15) is 0 Å². The summed E-state index contributed by atoms with van der Waals surface area (Å²) in [7, 11) is 0. The fourth-order valence-electron chi connectivity index (χ4n) is 0.925. The fourth-order valence-corrected chi connectivity index (χ4v) is 1.53. The minimum Gasteiger partial charge on any atom is -0.508 e. The van der Waals surface area contributed by atoms with Gasteiger partial charge in [-0.25, -0.2) is 0 Å². The molecule has 1 aromatic carbocycles. The van der Waals surface area contributed by atoms with Gasteiger partial charge in [0.15, 0.2) is 0 Å². The van der Waals surface area contributed by atoms with Crippen molar-refractivity contribution < 1.29 is 5.11 Å². The molecule has 1 aromatic rings. The van der Waals surface area contributed by atoms with Gasteiger partial charge in [-0.05, 0) is 30.0 Å². The Balaban J connectivity index is 3.06. The first kappa shape index (κ1) is 8.43. The molecule has 0 atom stereocenters. The number of rotatable bonds is 2. The van der Waals surface area contributed by atoms with Gasteiger partial charge in [0.1, 0.15) is 5.75 Å². The number of hydrogen-bond acceptors (Lipinski definition) is 3. The Bertz CT molecular complexity index is 250. The smallest absolute Gasteiger partial charge is 0.115 e. The first-order chi connectivity index (χ1) is 5.27. The van der Waals surface area contributed by atoms with Gasteiger partial charge in [-0.3, -0.25) is 0 Å². The number of benzene rings is 1. The third-order valence-electron chi connectivity index (χ3n) is 1.48. The van der Waals surface area contributed by atoms with Gasteiger partial charge in [0.2, 0.25) is 0 Å². The average Bonchev–Trinajstić information content (AvgIpc) is 2.04. The Morgan fingerprint density at radius 1 is 1.55 bits per heavy atom. The van der Waals surface area contributed by atoms with Crippen LogP contribution in [0.15, 0.2) is 23.1 Å². The van der Waals surface area contributed by atoms with Gasteiger partial charge < -0.3 is 10.8 Å². The summed E-state index contributed by atoms with van der Waals surface area (Å²) in [5.74, 6) is 0.281. The van der Waals surface area contributed by atoms with Crippen molar-refractivity contribution in [2.75, 3.05) is 6.26 Å². The third kappa shape index (κ3) is 1.88. The van der Waals surface area contributed by atoms with Crippen LogP contribution in [0.4, 0.5) is 0 Å². The molecular weight excluding hydrogens is 158 g/mol. The Morgan fingerprint density at radius 2 is 2.27 bits per heavy atom. The summed E-state index contributed by atoms with van der Waals surface area (Å²) in [5.41, 5.74) is 6.47. The standard InChI is InChI=1S/C8H11NOS/c1-11-8-3-2-7(10)4-6(8)5-9/h2-4,10H,5,9H2,1H3. The van der Waals surface area contributed by atoms with Crippen LogP contribution in [-0.4, -0.2) is 11.4 Å². The van der Waals surface area contributed by atoms with Gasteiger partial charge in [0.05, 0.1) is 0 Å². The molecule has 0 aliphatic rings. The Morgan fingerprint density at radius 3 is 2.82 bits per heavy atom. The lowest BCUT2D eigenvalue weighted by Gasteiger charge is -2.03. The Kier molecular flexibility index (Phi) is 2.79. The summed E-state index contributed by atoms with van der Waals surface area (Å²) in [6.07, 6.45) is 1.99. The van der Waals surface area contributed by atoms with Gasteiger partial charge >= 0.3 is 0 Å². The number of hydrogen-bond donors (Lipinski definition) is 2. The summed E-state index contributed by atoms with van der Waals surface area (Å²) in [4.78, 5) is 1.13. The molecule has 0 unspecified atom stereocenters. The van der Waals surface area contributed by atoms with Gasteiger partial charge in [0.25, 0.3) is 0 Å². The van der Waals surface area contributed by atoms with Gasteiger partial charge in [-0.1, -0.05) is 0 Å². The molecule has 60 valence electrons. The highest BCUT2D eigenvalue weighted by Gasteiger charge is 1.99. The second-order valence-electron chi connectivity index (χ2n) is 2.20. The highest BCUT2D eigenvalue weighted by molar-refractivity contribution is 7.98. The van der Waals surface area contributed by atoms with E-state index in [0.717, 1.165) is 10.5 Å². The lowest BCUT2D eigenvalue weighted by atomic mass is 10.2. The fraction of sp³-hybridized carbons (Fsp3) is 0.250. The van der Waals surface area contributed by atoms with Crippen molar-refractivity contribution in [3.8, 4) is 5.75 Å². The minimum absolute atomic E-state index is 0.281. The van der Waals surface area contributed by atoms with E-state index in [9.17, 15) is 0 Å². The van der Waals surface area contributed by atoms with Crippen LogP contribution in [0.2, 0.25) is 0 Å². The van der Waals surface area contributed by atoms with E-state index in [-0.39, 0.29) is 5.75 Å². The van der Waals surface area contributed by atoms with Crippen LogP contribution in [0.1, 0.15) is 5.56 Å². The average molecular weight is 169 g/mol. The largest absolute Gasteiger partial charge is 0.508 e. The zero-order valence-electron chi connectivity index (χ0n) is 6.37. The Hall–Kier alpha value is -0.670. The predicted octanol–water partition coefficient (Wildman–Crippen LogP) is 1.57. The molecule has 0 bridgehead atoms. The number of thioether (sulfide) groups is 1. The molecule has 0 radical (unpaired) electrons. The molecule has 3 heteroatoms. The normalized spacial score (nSPS) is 10.0. The van der Waals surface area contributed by atoms with Crippen molar-refractivity contribution in [1.29, 1.82) is 0 Å². The Labute approximate surface area is 70.4 Å². The highest BCUT2D eigenvalue weighted by Crippen LogP contribution is 2.23. The van der Waals surface area contributed by atoms with Crippen LogP contribution in [-0.2, 0) is 6.54 Å². The summed E-state index contributed by atoms with van der Waals surface area (Å²) >= 11 is 1.64. The van der Waals surface area contributed by atoms with E-state index in [1.54, 1.807) is 23.9 Å². The van der Waals surface area contributed by atoms with Gasteiger partial charge in [0, 0.05) is 11.4 Å². The number of phenols is 1. The van der Waals surface area contributed by atoms with Crippen LogP contribution in [0.25, 0.3) is 0 Å². The topological polar surface area (TPSA) is 46.2 Å². The molecule has 0 aromatic heterocycles. The van der Waals surface area contributed by atoms with Crippen LogP contribution in [0.5, 0.6) is 5.75 Å². The molecule has 0 saturated heterocycles. The number of nitrogens with two attached hydrogens (primary N) is 1. The van der Waals surface area contributed by atoms with Crippen molar-refractivity contribution >= 4 is 11.8 Å². The molecule has 0 amide bonds. The van der Waals surface area contributed by atoms with E-state index in [4.69, 9.17) is 10.8 Å². The van der Waals surface area contributed by atoms with E-state index < -0.39 is 0 Å². The molecule has 0 fully saturated rings. The summed E-state index contributed by atoms with van der Waals surface area (Å²) in [6.45, 7) is 0.477. The second kappa shape index (κ2) is 3.64. The first-order valence-electron chi connectivity index (χ1n) is 3.34. The molecule has 2 nitrogen and oxygen atoms in total. The molecule has 0 spiro atoms. The van der Waals surface area contributed by atoms with Crippen LogP contribution in [0.3, 0.4) is 0 Å². The molecule has 0 aliphatic heterocycles. The zero-order chi connectivity index (χ0) is 8.27. The third-order valence-corrected chi connectivity index (χ3v) is 2.32. The summed E-state index contributed by atoms with van der Waals surface area (Å²) in [5, 5.41) is 9.10. The molecular formula is C8H11NOS. The lowest BCUT2D eigenvalue weighted by Crippen LogP contribution is -1.97. The molecule has 1 rings (SSSR count). The highest BCUT2D eigenvalue weighted by atomic mass is 32.2. The second-order valence-corrected chi connectivity index (χ2v) is 3.05. The van der Waals surface area contributed by atoms with Crippen molar-refractivity contribution in [3.63, 3.8) is 0 Å². The van der Waals surface area contributed by atoms with E-state index in [1.807, 2.05) is 12.3 Å². The van der Waals surface area contributed by atoms with E-state index in [0.29, 0.717) is 6.54 Å². The quantitative estimate of drug-likeness (QED) is 0.661. The molecule has 0 heterocycles. The monoisotopic (exact) mass is 169 g/mol. The predicted molar refractivity (Wildman–Crippen MR) is 47.8 cm³/mol. The molecule has 0 saturated carbocycles. The van der Waals surface area contributed by atoms with Crippen molar-refractivity contribution in [2.45, 2.75) is 11.4 Å². The molecule has 0 aliphatic carbocycles. The van der Waals surface area contributed by atoms with Gasteiger partial charge in [-0.15, -0.1) is 11.8 Å². The maximum absolute atomic E-state index is 9.10. The van der Waals surface area contributed by atoms with Crippen molar-refractivity contribution in [3.05, 3.63) is 23.8 Å². The summed E-state index contributed by atoms with van der Waals surface area (Å²) < 4.78 is 0. The molecule has 3 N–H and O–H groups in total. The van der Waals surface area contributed by atoms with Crippen LogP contribution >= 0.6 is 11.8 Å². The van der Waals surface area contributed by atoms with Crippen molar-refractivity contribution in [2.24, 2.45) is 5.73 Å². The van der Waals surface area contributed by atoms with E-state index in [2.05, 4.69) is 0 Å². The zero-order valence-corrected chi connectivity index (χ0v) is 7.19. The summed E-state index contributed by atoms with van der Waals surface area (Å²) in [6, 6.07) is 5.25. The maximum atomic E-state index is 9.10. The number of aromatic hydroxyl groups is 1.